The molecule has 1 aliphatic rings. The van der Waals surface area contributed by atoms with Gasteiger partial charge in [0.15, 0.2) is 5.75 Å². The number of aliphatic hydroxyl groups is 1. The van der Waals surface area contributed by atoms with Gasteiger partial charge >= 0.3 is 0 Å². The van der Waals surface area contributed by atoms with Gasteiger partial charge in [-0.05, 0) is 46.0 Å². The number of rotatable bonds is 8. The second-order valence-electron chi connectivity index (χ2n) is 9.55. The van der Waals surface area contributed by atoms with Gasteiger partial charge in [-0.15, -0.1) is 0 Å². The molecule has 6 rings (SSSR count). The molecule has 0 atom stereocenters. The highest BCUT2D eigenvalue weighted by molar-refractivity contribution is 6.07. The second kappa shape index (κ2) is 10.6. The number of aromatic nitrogens is 1. The molecule has 0 saturated heterocycles. The number of nitrogens with zero attached hydrogens (tertiary/aromatic N) is 2. The van der Waals surface area contributed by atoms with E-state index >= 15 is 0 Å². The highest BCUT2D eigenvalue weighted by Crippen LogP contribution is 2.43. The topological polar surface area (TPSA) is 71.9 Å². The van der Waals surface area contributed by atoms with Gasteiger partial charge in [-0.25, -0.2) is 0 Å². The maximum absolute atomic E-state index is 14.0. The zero-order chi connectivity index (χ0) is 26.8. The first-order valence-corrected chi connectivity index (χ1v) is 12.9. The van der Waals surface area contributed by atoms with Gasteiger partial charge in [0.25, 0.3) is 5.91 Å². The Balaban J connectivity index is 1.48. The van der Waals surface area contributed by atoms with Crippen LogP contribution in [0.3, 0.4) is 0 Å². The number of ether oxygens (including phenoxy) is 2. The van der Waals surface area contributed by atoms with Gasteiger partial charge in [0.05, 0.1) is 19.3 Å². The van der Waals surface area contributed by atoms with Crippen LogP contribution >= 0.6 is 0 Å². The summed E-state index contributed by atoms with van der Waals surface area (Å²) in [6, 6.07) is 31.4. The highest BCUT2D eigenvalue weighted by Gasteiger charge is 2.36. The van der Waals surface area contributed by atoms with Crippen molar-refractivity contribution in [1.29, 1.82) is 0 Å². The minimum Gasteiger partial charge on any atom is -0.497 e. The van der Waals surface area contributed by atoms with Crippen LogP contribution in [0.25, 0.3) is 10.9 Å². The van der Waals surface area contributed by atoms with Crippen LogP contribution in [-0.2, 0) is 19.7 Å². The van der Waals surface area contributed by atoms with Crippen molar-refractivity contribution in [2.75, 3.05) is 7.11 Å². The molecule has 39 heavy (non-hydrogen) atoms. The molecule has 5 aromatic rings. The lowest BCUT2D eigenvalue weighted by Gasteiger charge is -2.23. The van der Waals surface area contributed by atoms with E-state index in [0.717, 1.165) is 33.4 Å². The summed E-state index contributed by atoms with van der Waals surface area (Å²) in [5.74, 6) is 1.06. The lowest BCUT2D eigenvalue weighted by Crippen LogP contribution is -2.23. The van der Waals surface area contributed by atoms with Crippen molar-refractivity contribution in [2.45, 2.75) is 25.8 Å². The smallest absolute Gasteiger partial charge is 0.258 e. The molecule has 0 saturated carbocycles. The van der Waals surface area contributed by atoms with Crippen LogP contribution < -0.4 is 9.47 Å². The fraction of sp³-hybridized carbons (Fsp3) is 0.152. The Morgan fingerprint density at radius 2 is 1.56 bits per heavy atom. The average Bonchev–Trinajstić information content (AvgIpc) is 3.31. The van der Waals surface area contributed by atoms with Crippen LogP contribution in [0.1, 0.15) is 44.3 Å². The van der Waals surface area contributed by atoms with Crippen LogP contribution in [0, 0.1) is 0 Å². The van der Waals surface area contributed by atoms with Crippen LogP contribution in [-0.4, -0.2) is 28.0 Å². The number of pyridine rings is 1. The van der Waals surface area contributed by atoms with Crippen molar-refractivity contribution in [2.24, 2.45) is 0 Å². The predicted molar refractivity (Wildman–Crippen MR) is 150 cm³/mol. The summed E-state index contributed by atoms with van der Waals surface area (Å²) < 4.78 is 12.1. The molecule has 4 aromatic carbocycles. The van der Waals surface area contributed by atoms with Gasteiger partial charge in [-0.2, -0.15) is 0 Å². The molecule has 2 heterocycles. The maximum Gasteiger partial charge on any atom is 0.258 e. The first-order valence-electron chi connectivity index (χ1n) is 12.9. The van der Waals surface area contributed by atoms with Crippen LogP contribution in [0.15, 0.2) is 103 Å². The first-order chi connectivity index (χ1) is 19.2. The highest BCUT2D eigenvalue weighted by atomic mass is 16.5. The molecular formula is C33H28N2O4. The average molecular weight is 517 g/mol. The lowest BCUT2D eigenvalue weighted by atomic mass is 9.96. The summed E-state index contributed by atoms with van der Waals surface area (Å²) in [5, 5.41) is 11.2. The molecule has 1 N–H and O–H groups in total. The maximum atomic E-state index is 14.0. The van der Waals surface area contributed by atoms with E-state index in [2.05, 4.69) is 4.98 Å². The molecule has 0 fully saturated rings. The van der Waals surface area contributed by atoms with Gasteiger partial charge in [-0.3, -0.25) is 9.78 Å². The normalized spacial score (nSPS) is 12.7. The van der Waals surface area contributed by atoms with Gasteiger partial charge in [0.2, 0.25) is 0 Å². The zero-order valence-electron chi connectivity index (χ0n) is 21.6. The van der Waals surface area contributed by atoms with E-state index in [-0.39, 0.29) is 12.5 Å². The SMILES string of the molecule is COc1ccc(CN2Cc3c(c(OC(c4ccccc4)c4ccccc4)c4ncccc4c3CO)C2=O)cc1. The Kier molecular flexibility index (Phi) is 6.69. The molecule has 1 amide bonds. The van der Waals surface area contributed by atoms with Gasteiger partial charge in [0.1, 0.15) is 17.4 Å². The third-order valence-corrected chi connectivity index (χ3v) is 7.22. The van der Waals surface area contributed by atoms with E-state index in [1.165, 1.54) is 0 Å². The zero-order valence-corrected chi connectivity index (χ0v) is 21.6. The Morgan fingerprint density at radius 1 is 0.897 bits per heavy atom. The Bertz CT molecular complexity index is 1580. The lowest BCUT2D eigenvalue weighted by molar-refractivity contribution is 0.0762. The molecule has 6 heteroatoms. The third-order valence-electron chi connectivity index (χ3n) is 7.22. The minimum absolute atomic E-state index is 0.141. The largest absolute Gasteiger partial charge is 0.497 e. The number of aliphatic hydroxyl groups excluding tert-OH is 1. The van der Waals surface area contributed by atoms with E-state index in [1.807, 2.05) is 97.1 Å². The molecule has 0 spiro atoms. The Hall–Kier alpha value is -4.68. The van der Waals surface area contributed by atoms with Crippen molar-refractivity contribution >= 4 is 16.8 Å². The van der Waals surface area contributed by atoms with Crippen LogP contribution in [0.4, 0.5) is 0 Å². The van der Waals surface area contributed by atoms with Crippen molar-refractivity contribution in [3.05, 3.63) is 137 Å². The van der Waals surface area contributed by atoms with Crippen molar-refractivity contribution < 1.29 is 19.4 Å². The van der Waals surface area contributed by atoms with Crippen molar-refractivity contribution in [3.8, 4) is 11.5 Å². The molecule has 0 bridgehead atoms. The van der Waals surface area contributed by atoms with E-state index < -0.39 is 6.10 Å². The molecule has 0 unspecified atom stereocenters. The molecule has 0 radical (unpaired) electrons. The van der Waals surface area contributed by atoms with E-state index in [0.29, 0.717) is 35.5 Å². The number of hydrogen-bond acceptors (Lipinski definition) is 5. The van der Waals surface area contributed by atoms with E-state index in [9.17, 15) is 9.90 Å². The fourth-order valence-corrected chi connectivity index (χ4v) is 5.30. The number of benzene rings is 4. The summed E-state index contributed by atoms with van der Waals surface area (Å²) in [6.07, 6.45) is 1.24. The molecule has 6 nitrogen and oxygen atoms in total. The number of hydrogen-bond donors (Lipinski definition) is 1. The summed E-state index contributed by atoms with van der Waals surface area (Å²) >= 11 is 0. The van der Waals surface area contributed by atoms with Crippen molar-refractivity contribution in [3.63, 3.8) is 0 Å². The summed E-state index contributed by atoms with van der Waals surface area (Å²) in [4.78, 5) is 20.5. The molecule has 0 aliphatic carbocycles. The van der Waals surface area contributed by atoms with Crippen LogP contribution in [0.2, 0.25) is 0 Å². The minimum atomic E-state index is -0.454. The molecule has 194 valence electrons. The number of methoxy groups -OCH3 is 1. The second-order valence-corrected chi connectivity index (χ2v) is 9.55. The third kappa shape index (κ3) is 4.60. The van der Waals surface area contributed by atoms with Gasteiger partial charge < -0.3 is 19.5 Å². The predicted octanol–water partition coefficient (Wildman–Crippen LogP) is 6.06. The Labute approximate surface area is 227 Å². The fourth-order valence-electron chi connectivity index (χ4n) is 5.30. The standard InChI is InChI=1S/C33H28N2O4/c1-38-25-16-14-22(15-17-25)19-35-20-27-28(21-36)26-13-8-18-34-30(26)32(29(27)33(35)37)39-31(23-9-4-2-5-10-23)24-11-6-3-7-12-24/h2-18,31,36H,19-21H2,1H3. The Morgan fingerprint density at radius 3 is 2.18 bits per heavy atom. The van der Waals surface area contributed by atoms with Gasteiger partial charge in [0, 0.05) is 24.7 Å². The van der Waals surface area contributed by atoms with Gasteiger partial charge in [-0.1, -0.05) is 78.9 Å². The number of carbonyl (C=O) groups is 1. The first kappa shape index (κ1) is 24.6. The molecule has 1 aliphatic heterocycles. The number of carbonyl (C=O) groups excluding carboxylic acids is 1. The summed E-state index contributed by atoms with van der Waals surface area (Å²) in [7, 11) is 1.63. The molecular weight excluding hydrogens is 488 g/mol. The van der Waals surface area contributed by atoms with E-state index in [4.69, 9.17) is 9.47 Å². The van der Waals surface area contributed by atoms with E-state index in [1.54, 1.807) is 18.2 Å². The number of fused-ring (bicyclic) bond motifs is 2. The quantitative estimate of drug-likeness (QED) is 0.271. The summed E-state index contributed by atoms with van der Waals surface area (Å²) in [5.41, 5.74) is 5.45. The summed E-state index contributed by atoms with van der Waals surface area (Å²) in [6.45, 7) is 0.597. The monoisotopic (exact) mass is 516 g/mol. The number of amides is 1. The van der Waals surface area contributed by atoms with Crippen LogP contribution in [0.5, 0.6) is 11.5 Å². The molecule has 1 aromatic heterocycles. The van der Waals surface area contributed by atoms with Crippen molar-refractivity contribution in [1.82, 2.24) is 9.88 Å².